The molecule has 0 aliphatic rings. The van der Waals surface area contributed by atoms with E-state index in [-0.39, 0.29) is 17.6 Å². The van der Waals surface area contributed by atoms with Gasteiger partial charge in [-0.2, -0.15) is 0 Å². The number of carboxylic acids is 1. The molecule has 1 unspecified atom stereocenters. The van der Waals surface area contributed by atoms with Crippen molar-refractivity contribution in [2.45, 2.75) is 6.92 Å². The summed E-state index contributed by atoms with van der Waals surface area (Å²) in [5.74, 6) is -1.97. The molecule has 0 spiro atoms. The van der Waals surface area contributed by atoms with Crippen LogP contribution in [-0.4, -0.2) is 28.5 Å². The number of carbonyl (C=O) groups is 2. The topological polar surface area (TPSA) is 79.3 Å². The minimum Gasteiger partial charge on any atom is -0.481 e. The van der Waals surface area contributed by atoms with Gasteiger partial charge in [0.15, 0.2) is 0 Å². The lowest BCUT2D eigenvalue weighted by Crippen LogP contribution is -2.31. The number of aliphatic carboxylic acids is 1. The first kappa shape index (κ1) is 14.3. The van der Waals surface area contributed by atoms with Crippen molar-refractivity contribution in [1.29, 1.82) is 0 Å². The van der Waals surface area contributed by atoms with E-state index >= 15 is 0 Å². The summed E-state index contributed by atoms with van der Waals surface area (Å²) >= 11 is 5.90. The minimum atomic E-state index is -0.956. The number of amides is 1. The fourth-order valence-corrected chi connectivity index (χ4v) is 1.96. The summed E-state index contributed by atoms with van der Waals surface area (Å²) in [6.07, 6.45) is 0. The fraction of sp³-hybridized carbons (Fsp3) is 0.214. The van der Waals surface area contributed by atoms with Crippen LogP contribution in [0.3, 0.4) is 0 Å². The number of nitrogens with one attached hydrogen (secondary N) is 1. The number of para-hydroxylation sites is 1. The van der Waals surface area contributed by atoms with Crippen molar-refractivity contribution in [2.75, 3.05) is 6.54 Å². The summed E-state index contributed by atoms with van der Waals surface area (Å²) in [7, 11) is 0. The van der Waals surface area contributed by atoms with Gasteiger partial charge in [-0.25, -0.2) is 4.98 Å². The average molecular weight is 293 g/mol. The zero-order valence-corrected chi connectivity index (χ0v) is 11.5. The van der Waals surface area contributed by atoms with Crippen molar-refractivity contribution in [3.05, 3.63) is 41.0 Å². The molecular formula is C14H13ClN2O3. The third-order valence-electron chi connectivity index (χ3n) is 2.92. The number of fused-ring (bicyclic) bond motifs is 1. The first-order valence-corrected chi connectivity index (χ1v) is 6.43. The second-order valence-corrected chi connectivity index (χ2v) is 4.85. The standard InChI is InChI=1S/C14H13ClN2O3/c1-8(14(19)20)7-16-13(18)10-6-12(15)17-11-5-3-2-4-9(10)11/h2-6,8H,7H2,1H3,(H,16,18)(H,19,20). The summed E-state index contributed by atoms with van der Waals surface area (Å²) in [5, 5.41) is 12.3. The molecule has 1 heterocycles. The SMILES string of the molecule is CC(CNC(=O)c1cc(Cl)nc2ccccc12)C(=O)O. The number of carboxylic acid groups (broad SMARTS) is 1. The Balaban J connectivity index is 2.28. The molecule has 2 N–H and O–H groups in total. The number of rotatable bonds is 4. The maximum absolute atomic E-state index is 12.1. The van der Waals surface area contributed by atoms with Crippen LogP contribution < -0.4 is 5.32 Å². The molecule has 5 nitrogen and oxygen atoms in total. The van der Waals surface area contributed by atoms with E-state index in [4.69, 9.17) is 16.7 Å². The van der Waals surface area contributed by atoms with Gasteiger partial charge in [0, 0.05) is 11.9 Å². The van der Waals surface area contributed by atoms with Crippen LogP contribution in [0.1, 0.15) is 17.3 Å². The van der Waals surface area contributed by atoms with E-state index in [1.54, 1.807) is 24.3 Å². The molecule has 20 heavy (non-hydrogen) atoms. The summed E-state index contributed by atoms with van der Waals surface area (Å²) in [6, 6.07) is 8.62. The average Bonchev–Trinajstić information content (AvgIpc) is 2.43. The van der Waals surface area contributed by atoms with Gasteiger partial charge in [0.2, 0.25) is 0 Å². The van der Waals surface area contributed by atoms with E-state index in [1.165, 1.54) is 13.0 Å². The third-order valence-corrected chi connectivity index (χ3v) is 3.11. The Morgan fingerprint density at radius 2 is 2.10 bits per heavy atom. The summed E-state index contributed by atoms with van der Waals surface area (Å²) in [4.78, 5) is 27.0. The summed E-state index contributed by atoms with van der Waals surface area (Å²) in [5.41, 5.74) is 1.01. The Kier molecular flexibility index (Phi) is 4.20. The highest BCUT2D eigenvalue weighted by molar-refractivity contribution is 6.30. The zero-order chi connectivity index (χ0) is 14.7. The molecule has 0 bridgehead atoms. The van der Waals surface area contributed by atoms with Crippen LogP contribution in [0.25, 0.3) is 10.9 Å². The molecule has 104 valence electrons. The molecule has 1 atom stereocenters. The zero-order valence-electron chi connectivity index (χ0n) is 10.8. The molecule has 0 radical (unpaired) electrons. The van der Waals surface area contributed by atoms with Crippen LogP contribution in [-0.2, 0) is 4.79 Å². The van der Waals surface area contributed by atoms with Crippen molar-refractivity contribution in [3.63, 3.8) is 0 Å². The number of nitrogens with zero attached hydrogens (tertiary/aromatic N) is 1. The van der Waals surface area contributed by atoms with E-state index in [0.717, 1.165) is 0 Å². The van der Waals surface area contributed by atoms with Crippen LogP contribution in [0.4, 0.5) is 0 Å². The number of aromatic nitrogens is 1. The van der Waals surface area contributed by atoms with E-state index in [0.29, 0.717) is 16.5 Å². The lowest BCUT2D eigenvalue weighted by atomic mass is 10.1. The van der Waals surface area contributed by atoms with Crippen LogP contribution >= 0.6 is 11.6 Å². The highest BCUT2D eigenvalue weighted by Crippen LogP contribution is 2.20. The summed E-state index contributed by atoms with van der Waals surface area (Å²) < 4.78 is 0. The van der Waals surface area contributed by atoms with Gasteiger partial charge in [0.1, 0.15) is 5.15 Å². The molecule has 0 aliphatic heterocycles. The van der Waals surface area contributed by atoms with Crippen molar-refractivity contribution in [2.24, 2.45) is 5.92 Å². The molecule has 2 aromatic rings. The van der Waals surface area contributed by atoms with Crippen LogP contribution in [0, 0.1) is 5.92 Å². The van der Waals surface area contributed by atoms with Gasteiger partial charge in [-0.1, -0.05) is 36.7 Å². The Labute approximate surface area is 120 Å². The maximum atomic E-state index is 12.1. The van der Waals surface area contributed by atoms with E-state index in [1.807, 2.05) is 0 Å². The maximum Gasteiger partial charge on any atom is 0.308 e. The fourth-order valence-electron chi connectivity index (χ4n) is 1.76. The largest absolute Gasteiger partial charge is 0.481 e. The van der Waals surface area contributed by atoms with E-state index < -0.39 is 11.9 Å². The van der Waals surface area contributed by atoms with Gasteiger partial charge in [-0.3, -0.25) is 9.59 Å². The normalized spacial score (nSPS) is 12.1. The van der Waals surface area contributed by atoms with E-state index in [2.05, 4.69) is 10.3 Å². The molecule has 1 aromatic heterocycles. The van der Waals surface area contributed by atoms with Crippen molar-refractivity contribution in [3.8, 4) is 0 Å². The third kappa shape index (κ3) is 3.05. The second-order valence-electron chi connectivity index (χ2n) is 4.46. The van der Waals surface area contributed by atoms with Gasteiger partial charge in [-0.15, -0.1) is 0 Å². The van der Waals surface area contributed by atoms with Gasteiger partial charge >= 0.3 is 5.97 Å². The molecule has 1 aromatic carbocycles. The molecular weight excluding hydrogens is 280 g/mol. The monoisotopic (exact) mass is 292 g/mol. The van der Waals surface area contributed by atoms with Crippen molar-refractivity contribution >= 4 is 34.4 Å². The Morgan fingerprint density at radius 3 is 2.80 bits per heavy atom. The molecule has 0 aliphatic carbocycles. The smallest absolute Gasteiger partial charge is 0.308 e. The van der Waals surface area contributed by atoms with Gasteiger partial charge in [0.05, 0.1) is 17.0 Å². The molecule has 0 fully saturated rings. The second kappa shape index (κ2) is 5.88. The quantitative estimate of drug-likeness (QED) is 0.848. The van der Waals surface area contributed by atoms with Gasteiger partial charge < -0.3 is 10.4 Å². The van der Waals surface area contributed by atoms with Gasteiger partial charge in [-0.05, 0) is 12.1 Å². The molecule has 1 amide bonds. The first-order valence-electron chi connectivity index (χ1n) is 6.05. The van der Waals surface area contributed by atoms with Gasteiger partial charge in [0.25, 0.3) is 5.91 Å². The Hall–Kier alpha value is -2.14. The number of benzene rings is 1. The molecule has 0 saturated heterocycles. The lowest BCUT2D eigenvalue weighted by molar-refractivity contribution is -0.140. The first-order chi connectivity index (χ1) is 9.49. The minimum absolute atomic E-state index is 0.0580. The van der Waals surface area contributed by atoms with E-state index in [9.17, 15) is 9.59 Å². The van der Waals surface area contributed by atoms with Crippen molar-refractivity contribution < 1.29 is 14.7 Å². The number of hydrogen-bond acceptors (Lipinski definition) is 3. The number of pyridine rings is 1. The Morgan fingerprint density at radius 1 is 1.40 bits per heavy atom. The highest BCUT2D eigenvalue weighted by Gasteiger charge is 2.15. The van der Waals surface area contributed by atoms with Crippen molar-refractivity contribution in [1.82, 2.24) is 10.3 Å². The predicted molar refractivity (Wildman–Crippen MR) is 75.9 cm³/mol. The van der Waals surface area contributed by atoms with Crippen LogP contribution in [0.15, 0.2) is 30.3 Å². The molecule has 0 saturated carbocycles. The Bertz CT molecular complexity index is 673. The molecule has 6 heteroatoms. The summed E-state index contributed by atoms with van der Waals surface area (Å²) in [6.45, 7) is 1.59. The predicted octanol–water partition coefficient (Wildman–Crippen LogP) is 2.34. The van der Waals surface area contributed by atoms with Crippen LogP contribution in [0.5, 0.6) is 0 Å². The number of halogens is 1. The number of hydrogen-bond donors (Lipinski definition) is 2. The lowest BCUT2D eigenvalue weighted by Gasteiger charge is -2.10. The van der Waals surface area contributed by atoms with Crippen LogP contribution in [0.2, 0.25) is 5.15 Å². The highest BCUT2D eigenvalue weighted by atomic mass is 35.5. The number of carbonyl (C=O) groups excluding carboxylic acids is 1. The molecule has 2 rings (SSSR count).